The minimum absolute atomic E-state index is 0.309. The molecule has 0 aliphatic heterocycles. The summed E-state index contributed by atoms with van der Waals surface area (Å²) in [7, 11) is 0. The molecule has 0 aliphatic carbocycles. The molecule has 0 unspecified atom stereocenters. The van der Waals surface area contributed by atoms with Gasteiger partial charge < -0.3 is 15.4 Å². The number of rotatable bonds is 4. The van der Waals surface area contributed by atoms with Crippen molar-refractivity contribution in [1.82, 2.24) is 4.57 Å². The van der Waals surface area contributed by atoms with E-state index in [1.165, 1.54) is 16.5 Å². The van der Waals surface area contributed by atoms with Gasteiger partial charge in [-0.2, -0.15) is 0 Å². The van der Waals surface area contributed by atoms with Crippen LogP contribution in [-0.2, 0) is 13.0 Å². The van der Waals surface area contributed by atoms with E-state index in [2.05, 4.69) is 35.0 Å². The Kier molecular flexibility index (Phi) is 3.44. The maximum atomic E-state index is 9.53. The van der Waals surface area contributed by atoms with Gasteiger partial charge in [0.2, 0.25) is 0 Å². The Hall–Kier alpha value is -2.26. The molecule has 1 aromatic heterocycles. The minimum Gasteiger partial charge on any atom is -0.508 e. The lowest BCUT2D eigenvalue weighted by Gasteiger charge is -2.07. The number of aromatic hydroxyl groups is 1. The van der Waals surface area contributed by atoms with Crippen molar-refractivity contribution in [1.29, 1.82) is 0 Å². The second kappa shape index (κ2) is 5.39. The van der Waals surface area contributed by atoms with E-state index in [0.29, 0.717) is 12.3 Å². The third-order valence-electron chi connectivity index (χ3n) is 3.53. The molecule has 0 saturated heterocycles. The third-order valence-corrected chi connectivity index (χ3v) is 3.53. The maximum absolute atomic E-state index is 9.53. The highest BCUT2D eigenvalue weighted by Gasteiger charge is 2.03. The summed E-state index contributed by atoms with van der Waals surface area (Å²) in [4.78, 5) is 0. The van der Waals surface area contributed by atoms with E-state index in [1.54, 1.807) is 12.1 Å². The fourth-order valence-electron chi connectivity index (χ4n) is 2.56. The van der Waals surface area contributed by atoms with Crippen LogP contribution in [0.2, 0.25) is 0 Å². The van der Waals surface area contributed by atoms with E-state index in [0.717, 1.165) is 18.5 Å². The smallest absolute Gasteiger partial charge is 0.115 e. The predicted molar refractivity (Wildman–Crippen MR) is 81.9 cm³/mol. The van der Waals surface area contributed by atoms with Gasteiger partial charge in [0, 0.05) is 18.3 Å². The minimum atomic E-state index is 0.309. The number of hydrogen-bond acceptors (Lipinski definition) is 2. The van der Waals surface area contributed by atoms with Crippen molar-refractivity contribution in [3.8, 4) is 5.75 Å². The highest BCUT2D eigenvalue weighted by atomic mass is 16.3. The van der Waals surface area contributed by atoms with E-state index in [4.69, 9.17) is 5.73 Å². The Balaban J connectivity index is 1.92. The molecular weight excluding hydrogens is 248 g/mol. The molecule has 1 heterocycles. The quantitative estimate of drug-likeness (QED) is 0.763. The maximum Gasteiger partial charge on any atom is 0.115 e. The number of nitrogens with two attached hydrogens (primary N) is 1. The molecule has 0 radical (unpaired) electrons. The van der Waals surface area contributed by atoms with Crippen LogP contribution >= 0.6 is 0 Å². The summed E-state index contributed by atoms with van der Waals surface area (Å²) in [5, 5.41) is 10.8. The van der Waals surface area contributed by atoms with Gasteiger partial charge in [-0.3, -0.25) is 0 Å². The number of phenolic OH excluding ortho intramolecular Hbond substituents is 1. The van der Waals surface area contributed by atoms with Gasteiger partial charge in [0.05, 0.1) is 0 Å². The van der Waals surface area contributed by atoms with Crippen LogP contribution in [0.15, 0.2) is 54.7 Å². The first-order valence-corrected chi connectivity index (χ1v) is 6.82. The zero-order valence-corrected chi connectivity index (χ0v) is 11.3. The van der Waals surface area contributed by atoms with E-state index in [9.17, 15) is 5.11 Å². The number of benzene rings is 2. The van der Waals surface area contributed by atoms with Gasteiger partial charge in [0.25, 0.3) is 0 Å². The normalized spacial score (nSPS) is 11.1. The van der Waals surface area contributed by atoms with Crippen molar-refractivity contribution in [2.24, 2.45) is 5.73 Å². The lowest BCUT2D eigenvalue weighted by molar-refractivity contribution is 0.474. The van der Waals surface area contributed by atoms with Crippen LogP contribution < -0.4 is 5.73 Å². The molecule has 102 valence electrons. The number of nitrogens with zero attached hydrogens (tertiary/aromatic N) is 1. The molecule has 3 rings (SSSR count). The molecule has 3 aromatic rings. The zero-order chi connectivity index (χ0) is 13.9. The first-order chi connectivity index (χ1) is 9.76. The summed E-state index contributed by atoms with van der Waals surface area (Å²) < 4.78 is 2.19. The lowest BCUT2D eigenvalue weighted by Crippen LogP contribution is -2.02. The molecule has 0 amide bonds. The number of hydrogen-bond donors (Lipinski definition) is 2. The van der Waals surface area contributed by atoms with Gasteiger partial charge in [-0.05, 0) is 59.8 Å². The standard InChI is InChI=1S/C17H18N2O/c18-8-6-13-4-5-17-15(10-13)7-9-19(17)12-14-2-1-3-16(20)11-14/h1-5,7,9-11,20H,6,8,12,18H2. The van der Waals surface area contributed by atoms with Crippen LogP contribution in [0.3, 0.4) is 0 Å². The summed E-state index contributed by atoms with van der Waals surface area (Å²) >= 11 is 0. The Morgan fingerprint density at radius 3 is 2.70 bits per heavy atom. The lowest BCUT2D eigenvalue weighted by atomic mass is 10.1. The van der Waals surface area contributed by atoms with Crippen LogP contribution in [0.1, 0.15) is 11.1 Å². The van der Waals surface area contributed by atoms with Crippen LogP contribution in [0.5, 0.6) is 5.75 Å². The molecule has 0 saturated carbocycles. The molecule has 0 bridgehead atoms. The van der Waals surface area contributed by atoms with Gasteiger partial charge in [0.1, 0.15) is 5.75 Å². The second-order valence-electron chi connectivity index (χ2n) is 5.05. The van der Waals surface area contributed by atoms with Gasteiger partial charge in [-0.1, -0.05) is 18.2 Å². The third kappa shape index (κ3) is 2.53. The van der Waals surface area contributed by atoms with Crippen molar-refractivity contribution in [3.63, 3.8) is 0 Å². The average molecular weight is 266 g/mol. The summed E-state index contributed by atoms with van der Waals surface area (Å²) in [5.41, 5.74) is 9.16. The van der Waals surface area contributed by atoms with Crippen LogP contribution in [0, 0.1) is 0 Å². The summed E-state index contributed by atoms with van der Waals surface area (Å²) in [6.45, 7) is 1.43. The van der Waals surface area contributed by atoms with Gasteiger partial charge in [-0.15, -0.1) is 0 Å². The van der Waals surface area contributed by atoms with Crippen LogP contribution in [-0.4, -0.2) is 16.2 Å². The summed E-state index contributed by atoms with van der Waals surface area (Å²) in [5.74, 6) is 0.309. The average Bonchev–Trinajstić information content (AvgIpc) is 2.82. The first kappa shape index (κ1) is 12.8. The van der Waals surface area contributed by atoms with Crippen molar-refractivity contribution in [3.05, 3.63) is 65.9 Å². The van der Waals surface area contributed by atoms with E-state index in [1.807, 2.05) is 12.1 Å². The first-order valence-electron chi connectivity index (χ1n) is 6.82. The molecule has 0 aliphatic rings. The molecule has 3 N–H and O–H groups in total. The molecule has 3 nitrogen and oxygen atoms in total. The largest absolute Gasteiger partial charge is 0.508 e. The molecule has 0 atom stereocenters. The van der Waals surface area contributed by atoms with Crippen molar-refractivity contribution in [2.45, 2.75) is 13.0 Å². The number of aromatic nitrogens is 1. The van der Waals surface area contributed by atoms with Crippen molar-refractivity contribution in [2.75, 3.05) is 6.54 Å². The molecule has 3 heteroatoms. The predicted octanol–water partition coefficient (Wildman–Crippen LogP) is 2.90. The molecular formula is C17H18N2O. The highest BCUT2D eigenvalue weighted by Crippen LogP contribution is 2.20. The Morgan fingerprint density at radius 1 is 1.00 bits per heavy atom. The van der Waals surface area contributed by atoms with E-state index < -0.39 is 0 Å². The summed E-state index contributed by atoms with van der Waals surface area (Å²) in [6, 6.07) is 16.0. The van der Waals surface area contributed by atoms with Crippen LogP contribution in [0.25, 0.3) is 10.9 Å². The SMILES string of the molecule is NCCc1ccc2c(ccn2Cc2cccc(O)c2)c1. The van der Waals surface area contributed by atoms with Crippen molar-refractivity contribution >= 4 is 10.9 Å². The molecule has 0 spiro atoms. The second-order valence-corrected chi connectivity index (χ2v) is 5.05. The fourth-order valence-corrected chi connectivity index (χ4v) is 2.56. The monoisotopic (exact) mass is 266 g/mol. The van der Waals surface area contributed by atoms with Gasteiger partial charge in [0.15, 0.2) is 0 Å². The summed E-state index contributed by atoms with van der Waals surface area (Å²) in [6.07, 6.45) is 2.99. The Labute approximate surface area is 118 Å². The Bertz CT molecular complexity index is 731. The van der Waals surface area contributed by atoms with E-state index in [-0.39, 0.29) is 0 Å². The highest BCUT2D eigenvalue weighted by molar-refractivity contribution is 5.81. The van der Waals surface area contributed by atoms with Gasteiger partial charge in [-0.25, -0.2) is 0 Å². The topological polar surface area (TPSA) is 51.2 Å². The fraction of sp³-hybridized carbons (Fsp3) is 0.176. The van der Waals surface area contributed by atoms with Crippen molar-refractivity contribution < 1.29 is 5.11 Å². The van der Waals surface area contributed by atoms with E-state index >= 15 is 0 Å². The van der Waals surface area contributed by atoms with Crippen LogP contribution in [0.4, 0.5) is 0 Å². The number of fused-ring (bicyclic) bond motifs is 1. The Morgan fingerprint density at radius 2 is 1.90 bits per heavy atom. The zero-order valence-electron chi connectivity index (χ0n) is 11.3. The van der Waals surface area contributed by atoms with Gasteiger partial charge >= 0.3 is 0 Å². The number of phenols is 1. The molecule has 0 fully saturated rings. The molecule has 2 aromatic carbocycles. The molecule has 20 heavy (non-hydrogen) atoms.